The first-order valence-corrected chi connectivity index (χ1v) is 5.78. The molecule has 1 rings (SSSR count). The molecule has 5 nitrogen and oxygen atoms in total. The second kappa shape index (κ2) is 5.30. The van der Waals surface area contributed by atoms with E-state index in [4.69, 9.17) is 10.8 Å². The van der Waals surface area contributed by atoms with Crippen molar-refractivity contribution in [1.82, 2.24) is 5.32 Å². The van der Waals surface area contributed by atoms with Gasteiger partial charge in [-0.05, 0) is 25.7 Å². The number of carbonyl (C=O) groups is 2. The van der Waals surface area contributed by atoms with Gasteiger partial charge in [0.2, 0.25) is 5.91 Å². The van der Waals surface area contributed by atoms with Crippen LogP contribution < -0.4 is 11.1 Å². The first-order valence-electron chi connectivity index (χ1n) is 5.78. The Morgan fingerprint density at radius 3 is 2.50 bits per heavy atom. The van der Waals surface area contributed by atoms with Crippen LogP contribution in [0, 0.1) is 0 Å². The van der Waals surface area contributed by atoms with E-state index in [2.05, 4.69) is 5.32 Å². The third-order valence-corrected chi connectivity index (χ3v) is 3.13. The Labute approximate surface area is 95.4 Å². The van der Waals surface area contributed by atoms with Crippen LogP contribution in [0.15, 0.2) is 0 Å². The Kier molecular flexibility index (Phi) is 4.29. The van der Waals surface area contributed by atoms with Gasteiger partial charge in [0.05, 0.1) is 18.0 Å². The van der Waals surface area contributed by atoms with E-state index in [1.807, 2.05) is 6.92 Å². The lowest BCUT2D eigenvalue weighted by Gasteiger charge is -2.42. The number of rotatable bonds is 6. The second-order valence-electron chi connectivity index (χ2n) is 4.59. The molecule has 92 valence electrons. The molecule has 0 aromatic rings. The highest BCUT2D eigenvalue weighted by Crippen LogP contribution is 2.34. The van der Waals surface area contributed by atoms with Crippen LogP contribution >= 0.6 is 0 Å². The molecule has 5 heteroatoms. The number of carbonyl (C=O) groups excluding carboxylic acids is 1. The molecular weight excluding hydrogens is 208 g/mol. The number of aliphatic carboxylic acids is 1. The van der Waals surface area contributed by atoms with Gasteiger partial charge in [0.1, 0.15) is 0 Å². The molecule has 0 aliphatic heterocycles. The Morgan fingerprint density at radius 1 is 1.50 bits per heavy atom. The lowest BCUT2D eigenvalue weighted by atomic mass is 9.74. The molecule has 1 aliphatic carbocycles. The minimum atomic E-state index is -0.871. The molecule has 16 heavy (non-hydrogen) atoms. The topological polar surface area (TPSA) is 92.4 Å². The Balaban J connectivity index is 2.49. The predicted molar refractivity (Wildman–Crippen MR) is 59.9 cm³/mol. The van der Waals surface area contributed by atoms with Crippen molar-refractivity contribution in [2.24, 2.45) is 5.73 Å². The minimum absolute atomic E-state index is 0.00240. The van der Waals surface area contributed by atoms with Crippen LogP contribution in [-0.2, 0) is 9.59 Å². The van der Waals surface area contributed by atoms with Gasteiger partial charge in [0.15, 0.2) is 0 Å². The van der Waals surface area contributed by atoms with Crippen molar-refractivity contribution in [3.8, 4) is 0 Å². The average Bonchev–Trinajstić information content (AvgIpc) is 2.13. The van der Waals surface area contributed by atoms with E-state index in [0.717, 1.165) is 25.7 Å². The molecule has 0 spiro atoms. The molecule has 1 atom stereocenters. The summed E-state index contributed by atoms with van der Waals surface area (Å²) in [7, 11) is 0. The van der Waals surface area contributed by atoms with Crippen molar-refractivity contribution < 1.29 is 14.7 Å². The van der Waals surface area contributed by atoms with Crippen LogP contribution in [-0.4, -0.2) is 28.6 Å². The summed E-state index contributed by atoms with van der Waals surface area (Å²) in [6.07, 6.45) is 3.93. The van der Waals surface area contributed by atoms with Gasteiger partial charge in [-0.3, -0.25) is 9.59 Å². The standard InChI is InChI=1S/C11H20N2O3/c1-2-4-8(12)10(16)13-11(5-3-6-11)7-9(14)15/h8H,2-7,12H2,1H3,(H,13,16)(H,14,15). The Hall–Kier alpha value is -1.10. The summed E-state index contributed by atoms with van der Waals surface area (Å²) in [6, 6.07) is -0.517. The first kappa shape index (κ1) is 13.0. The van der Waals surface area contributed by atoms with Crippen LogP contribution in [0.5, 0.6) is 0 Å². The third-order valence-electron chi connectivity index (χ3n) is 3.13. The molecule has 1 amide bonds. The Bertz CT molecular complexity index is 274. The monoisotopic (exact) mass is 228 g/mol. The molecule has 0 aromatic carbocycles. The molecular formula is C11H20N2O3. The predicted octanol–water partition coefficient (Wildman–Crippen LogP) is 0.627. The largest absolute Gasteiger partial charge is 0.481 e. The smallest absolute Gasteiger partial charge is 0.305 e. The summed E-state index contributed by atoms with van der Waals surface area (Å²) in [4.78, 5) is 22.4. The summed E-state index contributed by atoms with van der Waals surface area (Å²) in [5.74, 6) is -1.09. The zero-order chi connectivity index (χ0) is 12.2. The van der Waals surface area contributed by atoms with Crippen molar-refractivity contribution >= 4 is 11.9 Å². The van der Waals surface area contributed by atoms with Crippen molar-refractivity contribution in [2.75, 3.05) is 0 Å². The van der Waals surface area contributed by atoms with Crippen LogP contribution in [0.25, 0.3) is 0 Å². The van der Waals surface area contributed by atoms with Crippen LogP contribution in [0.1, 0.15) is 45.4 Å². The number of carboxylic acids is 1. The zero-order valence-electron chi connectivity index (χ0n) is 9.66. The number of nitrogens with one attached hydrogen (secondary N) is 1. The molecule has 4 N–H and O–H groups in total. The molecule has 1 saturated carbocycles. The van der Waals surface area contributed by atoms with Gasteiger partial charge in [0.25, 0.3) is 0 Å². The number of amides is 1. The summed E-state index contributed by atoms with van der Waals surface area (Å²) in [5, 5.41) is 11.6. The summed E-state index contributed by atoms with van der Waals surface area (Å²) < 4.78 is 0. The highest BCUT2D eigenvalue weighted by molar-refractivity contribution is 5.83. The van der Waals surface area contributed by atoms with Gasteiger partial charge in [0, 0.05) is 0 Å². The van der Waals surface area contributed by atoms with Crippen molar-refractivity contribution in [3.05, 3.63) is 0 Å². The van der Waals surface area contributed by atoms with Gasteiger partial charge < -0.3 is 16.2 Å². The highest BCUT2D eigenvalue weighted by Gasteiger charge is 2.40. The average molecular weight is 228 g/mol. The highest BCUT2D eigenvalue weighted by atomic mass is 16.4. The van der Waals surface area contributed by atoms with E-state index < -0.39 is 17.6 Å². The molecule has 0 heterocycles. The van der Waals surface area contributed by atoms with Crippen LogP contribution in [0.3, 0.4) is 0 Å². The molecule has 1 aliphatic rings. The van der Waals surface area contributed by atoms with E-state index in [1.54, 1.807) is 0 Å². The van der Waals surface area contributed by atoms with Crippen molar-refractivity contribution in [1.29, 1.82) is 0 Å². The summed E-state index contributed by atoms with van der Waals surface area (Å²) >= 11 is 0. The summed E-state index contributed by atoms with van der Waals surface area (Å²) in [6.45, 7) is 1.96. The number of carboxylic acid groups (broad SMARTS) is 1. The van der Waals surface area contributed by atoms with Gasteiger partial charge >= 0.3 is 5.97 Å². The van der Waals surface area contributed by atoms with E-state index in [9.17, 15) is 9.59 Å². The number of hydrogen-bond donors (Lipinski definition) is 3. The lowest BCUT2D eigenvalue weighted by molar-refractivity contribution is -0.140. The van der Waals surface area contributed by atoms with Crippen LogP contribution in [0.4, 0.5) is 0 Å². The van der Waals surface area contributed by atoms with Gasteiger partial charge in [-0.15, -0.1) is 0 Å². The molecule has 0 aromatic heterocycles. The fourth-order valence-corrected chi connectivity index (χ4v) is 2.04. The quantitative estimate of drug-likeness (QED) is 0.621. The minimum Gasteiger partial charge on any atom is -0.481 e. The maximum absolute atomic E-state index is 11.7. The molecule has 0 bridgehead atoms. The maximum atomic E-state index is 11.7. The molecule has 0 radical (unpaired) electrons. The lowest BCUT2D eigenvalue weighted by Crippen LogP contribution is -2.58. The van der Waals surface area contributed by atoms with Gasteiger partial charge in [-0.25, -0.2) is 0 Å². The molecule has 0 saturated heterocycles. The van der Waals surface area contributed by atoms with E-state index in [0.29, 0.717) is 6.42 Å². The van der Waals surface area contributed by atoms with E-state index >= 15 is 0 Å². The second-order valence-corrected chi connectivity index (χ2v) is 4.59. The number of nitrogens with two attached hydrogens (primary N) is 1. The van der Waals surface area contributed by atoms with Crippen LogP contribution in [0.2, 0.25) is 0 Å². The number of hydrogen-bond acceptors (Lipinski definition) is 3. The zero-order valence-corrected chi connectivity index (χ0v) is 9.66. The fraction of sp³-hybridized carbons (Fsp3) is 0.818. The third kappa shape index (κ3) is 3.20. The SMILES string of the molecule is CCCC(N)C(=O)NC1(CC(=O)O)CCC1. The van der Waals surface area contributed by atoms with Crippen molar-refractivity contribution in [3.63, 3.8) is 0 Å². The van der Waals surface area contributed by atoms with Gasteiger partial charge in [-0.1, -0.05) is 13.3 Å². The Morgan fingerprint density at radius 2 is 2.12 bits per heavy atom. The van der Waals surface area contributed by atoms with Gasteiger partial charge in [-0.2, -0.15) is 0 Å². The van der Waals surface area contributed by atoms with E-state index in [-0.39, 0.29) is 12.3 Å². The normalized spacial score (nSPS) is 19.6. The first-order chi connectivity index (χ1) is 7.49. The molecule has 1 fully saturated rings. The maximum Gasteiger partial charge on any atom is 0.305 e. The fourth-order valence-electron chi connectivity index (χ4n) is 2.04. The van der Waals surface area contributed by atoms with E-state index in [1.165, 1.54) is 0 Å². The molecule has 1 unspecified atom stereocenters. The van der Waals surface area contributed by atoms with Crippen molar-refractivity contribution in [2.45, 2.75) is 57.0 Å². The summed E-state index contributed by atoms with van der Waals surface area (Å²) in [5.41, 5.74) is 5.15.